The molecule has 1 aliphatic heterocycles. The summed E-state index contributed by atoms with van der Waals surface area (Å²) in [5.74, 6) is 5.75. The molecule has 1 amide bonds. The molecule has 1 saturated heterocycles. The zero-order valence-corrected chi connectivity index (χ0v) is 12.4. The van der Waals surface area contributed by atoms with Gasteiger partial charge in [0, 0.05) is 18.2 Å². The Bertz CT molecular complexity index is 608. The smallest absolute Gasteiger partial charge is 0.301 e. The van der Waals surface area contributed by atoms with E-state index >= 15 is 0 Å². The Balaban J connectivity index is 2.09. The van der Waals surface area contributed by atoms with Crippen LogP contribution in [-0.2, 0) is 16.4 Å². The van der Waals surface area contributed by atoms with Crippen molar-refractivity contribution in [2.24, 2.45) is 5.84 Å². The molecular formula is C12H19N3O4S. The van der Waals surface area contributed by atoms with Crippen molar-refractivity contribution >= 4 is 15.7 Å². The molecule has 112 valence electrons. The van der Waals surface area contributed by atoms with Crippen LogP contribution in [0.5, 0.6) is 0 Å². The van der Waals surface area contributed by atoms with Crippen LogP contribution in [0.15, 0.2) is 10.5 Å². The van der Waals surface area contributed by atoms with E-state index in [1.165, 1.54) is 0 Å². The number of nitrogens with two attached hydrogens (primary N) is 1. The molecule has 8 heteroatoms. The molecule has 2 heterocycles. The molecule has 0 radical (unpaired) electrons. The second kappa shape index (κ2) is 5.55. The lowest BCUT2D eigenvalue weighted by Gasteiger charge is -2.32. The van der Waals surface area contributed by atoms with Gasteiger partial charge in [-0.1, -0.05) is 0 Å². The third kappa shape index (κ3) is 3.20. The molecular weight excluding hydrogens is 282 g/mol. The van der Waals surface area contributed by atoms with E-state index in [1.807, 2.05) is 17.2 Å². The number of amides is 1. The van der Waals surface area contributed by atoms with Gasteiger partial charge in [0.05, 0.1) is 18.1 Å². The summed E-state index contributed by atoms with van der Waals surface area (Å²) >= 11 is 0. The van der Waals surface area contributed by atoms with E-state index in [4.69, 9.17) is 10.3 Å². The highest BCUT2D eigenvalue weighted by Gasteiger charge is 2.29. The molecule has 0 saturated carbocycles. The normalized spacial score (nSPS) is 22.6. The monoisotopic (exact) mass is 301 g/mol. The number of hydrazine groups is 1. The van der Waals surface area contributed by atoms with Crippen molar-refractivity contribution < 1.29 is 17.6 Å². The standard InChI is InChI=1S/C12H19N3O4S/c1-8-5-10(19-11(8)12(16)14-13)6-15-3-4-20(17,18)7-9(15)2/h5,9H,3-4,6-7,13H2,1-2H3,(H,14,16). The minimum atomic E-state index is -2.93. The first-order chi connectivity index (χ1) is 9.32. The van der Waals surface area contributed by atoms with Crippen LogP contribution in [0.25, 0.3) is 0 Å². The number of carbonyl (C=O) groups excluding carboxylic acids is 1. The molecule has 0 aromatic carbocycles. The zero-order valence-electron chi connectivity index (χ0n) is 11.5. The number of sulfone groups is 1. The number of rotatable bonds is 3. The first kappa shape index (κ1) is 15.0. The fraction of sp³-hybridized carbons (Fsp3) is 0.583. The molecule has 1 atom stereocenters. The van der Waals surface area contributed by atoms with Crippen LogP contribution < -0.4 is 11.3 Å². The number of furan rings is 1. The number of hydrogen-bond acceptors (Lipinski definition) is 6. The van der Waals surface area contributed by atoms with Crippen molar-refractivity contribution in [1.82, 2.24) is 10.3 Å². The highest BCUT2D eigenvalue weighted by molar-refractivity contribution is 7.91. The maximum atomic E-state index is 11.5. The predicted molar refractivity (Wildman–Crippen MR) is 73.6 cm³/mol. The van der Waals surface area contributed by atoms with Crippen molar-refractivity contribution in [1.29, 1.82) is 0 Å². The van der Waals surface area contributed by atoms with Gasteiger partial charge in [-0.3, -0.25) is 15.1 Å². The second-order valence-corrected chi connectivity index (χ2v) is 7.36. The van der Waals surface area contributed by atoms with E-state index in [9.17, 15) is 13.2 Å². The second-order valence-electron chi connectivity index (χ2n) is 5.13. The van der Waals surface area contributed by atoms with Crippen LogP contribution in [0.1, 0.15) is 28.8 Å². The Morgan fingerprint density at radius 3 is 2.90 bits per heavy atom. The summed E-state index contributed by atoms with van der Waals surface area (Å²) in [4.78, 5) is 13.5. The van der Waals surface area contributed by atoms with E-state index in [-0.39, 0.29) is 23.3 Å². The lowest BCUT2D eigenvalue weighted by molar-refractivity contribution is 0.0920. The fourth-order valence-corrected chi connectivity index (χ4v) is 4.01. The van der Waals surface area contributed by atoms with Crippen LogP contribution in [-0.4, -0.2) is 43.3 Å². The average Bonchev–Trinajstić information content (AvgIpc) is 2.72. The molecule has 7 nitrogen and oxygen atoms in total. The highest BCUT2D eigenvalue weighted by Crippen LogP contribution is 2.19. The van der Waals surface area contributed by atoms with E-state index in [0.29, 0.717) is 24.4 Å². The third-order valence-electron chi connectivity index (χ3n) is 3.47. The Labute approximate surface area is 118 Å². The lowest BCUT2D eigenvalue weighted by atomic mass is 10.2. The summed E-state index contributed by atoms with van der Waals surface area (Å²) in [5, 5.41) is 0. The zero-order chi connectivity index (χ0) is 14.9. The summed E-state index contributed by atoms with van der Waals surface area (Å²) in [7, 11) is -2.93. The molecule has 0 aliphatic carbocycles. The number of hydrogen-bond donors (Lipinski definition) is 2. The Hall–Kier alpha value is -1.38. The van der Waals surface area contributed by atoms with E-state index < -0.39 is 15.7 Å². The van der Waals surface area contributed by atoms with E-state index in [1.54, 1.807) is 13.0 Å². The van der Waals surface area contributed by atoms with E-state index in [2.05, 4.69) is 0 Å². The lowest BCUT2D eigenvalue weighted by Crippen LogP contribution is -2.46. The highest BCUT2D eigenvalue weighted by atomic mass is 32.2. The quantitative estimate of drug-likeness (QED) is 0.455. The summed E-state index contributed by atoms with van der Waals surface area (Å²) in [6.07, 6.45) is 0. The maximum Gasteiger partial charge on any atom is 0.301 e. The van der Waals surface area contributed by atoms with Crippen LogP contribution >= 0.6 is 0 Å². The fourth-order valence-electron chi connectivity index (χ4n) is 2.38. The van der Waals surface area contributed by atoms with E-state index in [0.717, 1.165) is 0 Å². The van der Waals surface area contributed by atoms with Crippen LogP contribution in [0.2, 0.25) is 0 Å². The maximum absolute atomic E-state index is 11.5. The van der Waals surface area contributed by atoms with Gasteiger partial charge in [-0.05, 0) is 19.9 Å². The van der Waals surface area contributed by atoms with Crippen LogP contribution in [0.3, 0.4) is 0 Å². The van der Waals surface area contributed by atoms with Crippen LogP contribution in [0, 0.1) is 6.92 Å². The molecule has 0 spiro atoms. The summed E-state index contributed by atoms with van der Waals surface area (Å²) < 4.78 is 28.5. The Morgan fingerprint density at radius 1 is 1.60 bits per heavy atom. The number of carbonyl (C=O) groups is 1. The van der Waals surface area contributed by atoms with Gasteiger partial charge in [-0.15, -0.1) is 0 Å². The minimum absolute atomic E-state index is 0.0639. The van der Waals surface area contributed by atoms with Crippen molar-refractivity contribution in [2.45, 2.75) is 26.4 Å². The molecule has 1 fully saturated rings. The van der Waals surface area contributed by atoms with Crippen molar-refractivity contribution in [3.63, 3.8) is 0 Å². The number of nitrogens with one attached hydrogen (secondary N) is 1. The Kier molecular flexibility index (Phi) is 4.17. The molecule has 1 unspecified atom stereocenters. The predicted octanol–water partition coefficient (Wildman–Crippen LogP) is -0.190. The largest absolute Gasteiger partial charge is 0.454 e. The average molecular weight is 301 g/mol. The van der Waals surface area contributed by atoms with Gasteiger partial charge in [0.25, 0.3) is 0 Å². The first-order valence-electron chi connectivity index (χ1n) is 6.37. The number of nitrogens with zero attached hydrogens (tertiary/aromatic N) is 1. The van der Waals surface area contributed by atoms with Crippen molar-refractivity contribution in [3.05, 3.63) is 23.2 Å². The Morgan fingerprint density at radius 2 is 2.30 bits per heavy atom. The van der Waals surface area contributed by atoms with Gasteiger partial charge in [0.15, 0.2) is 15.6 Å². The minimum Gasteiger partial charge on any atom is -0.454 e. The summed E-state index contributed by atoms with van der Waals surface area (Å²) in [6.45, 7) is 4.60. The van der Waals surface area contributed by atoms with Gasteiger partial charge in [0.1, 0.15) is 5.76 Å². The SMILES string of the molecule is Cc1cc(CN2CCS(=O)(=O)CC2C)oc1C(=O)NN. The number of nitrogen functional groups attached to an aromatic ring is 1. The molecule has 0 bridgehead atoms. The molecule has 1 aliphatic rings. The van der Waals surface area contributed by atoms with Gasteiger partial charge < -0.3 is 4.42 Å². The molecule has 3 N–H and O–H groups in total. The molecule has 1 aromatic rings. The van der Waals surface area contributed by atoms with Crippen molar-refractivity contribution in [3.8, 4) is 0 Å². The third-order valence-corrected chi connectivity index (χ3v) is 5.27. The molecule has 20 heavy (non-hydrogen) atoms. The van der Waals surface area contributed by atoms with Crippen molar-refractivity contribution in [2.75, 3.05) is 18.1 Å². The van der Waals surface area contributed by atoms with Gasteiger partial charge >= 0.3 is 5.91 Å². The topological polar surface area (TPSA) is 106 Å². The van der Waals surface area contributed by atoms with Gasteiger partial charge in [-0.25, -0.2) is 14.3 Å². The van der Waals surface area contributed by atoms with Gasteiger partial charge in [0.2, 0.25) is 0 Å². The number of aryl methyl sites for hydroxylation is 1. The summed E-state index contributed by atoms with van der Waals surface area (Å²) in [6, 6.07) is 1.71. The van der Waals surface area contributed by atoms with Gasteiger partial charge in [-0.2, -0.15) is 0 Å². The molecule has 1 aromatic heterocycles. The first-order valence-corrected chi connectivity index (χ1v) is 8.19. The van der Waals surface area contributed by atoms with Crippen LogP contribution in [0.4, 0.5) is 0 Å². The summed E-state index contributed by atoms with van der Waals surface area (Å²) in [5.41, 5.74) is 2.74. The molecule has 2 rings (SSSR count).